The number of benzene rings is 1. The summed E-state index contributed by atoms with van der Waals surface area (Å²) in [5, 5.41) is 3.04. The minimum Gasteiger partial charge on any atom is -0.496 e. The van der Waals surface area contributed by atoms with E-state index in [9.17, 15) is 9.59 Å². The van der Waals surface area contributed by atoms with E-state index in [1.807, 2.05) is 43.0 Å². The average molecular weight is 398 g/mol. The molecule has 27 heavy (non-hydrogen) atoms. The number of hydrogen-bond donors (Lipinski definition) is 2. The number of para-hydroxylation sites is 1. The molecule has 0 bridgehead atoms. The van der Waals surface area contributed by atoms with Gasteiger partial charge in [0.2, 0.25) is 11.8 Å². The third kappa shape index (κ3) is 6.40. The summed E-state index contributed by atoms with van der Waals surface area (Å²) < 4.78 is 5.32. The Labute approximate surface area is 168 Å². The van der Waals surface area contributed by atoms with Crippen LogP contribution < -0.4 is 15.8 Å². The van der Waals surface area contributed by atoms with E-state index in [0.717, 1.165) is 30.6 Å². The summed E-state index contributed by atoms with van der Waals surface area (Å²) in [6.07, 6.45) is 2.73. The van der Waals surface area contributed by atoms with Gasteiger partial charge in [-0.2, -0.15) is 0 Å². The first-order valence-electron chi connectivity index (χ1n) is 9.41. The van der Waals surface area contributed by atoms with Crippen molar-refractivity contribution in [3.8, 4) is 5.75 Å². The lowest BCUT2D eigenvalue weighted by Gasteiger charge is -2.33. The van der Waals surface area contributed by atoms with Crippen LogP contribution >= 0.6 is 12.4 Å². The van der Waals surface area contributed by atoms with E-state index < -0.39 is 6.04 Å². The van der Waals surface area contributed by atoms with E-state index >= 15 is 0 Å². The predicted octanol–water partition coefficient (Wildman–Crippen LogP) is 2.14. The van der Waals surface area contributed by atoms with E-state index in [0.29, 0.717) is 19.5 Å². The number of ether oxygens (including phenoxy) is 1. The van der Waals surface area contributed by atoms with Crippen LogP contribution in [0.5, 0.6) is 5.75 Å². The van der Waals surface area contributed by atoms with Crippen molar-refractivity contribution in [2.45, 2.75) is 51.6 Å². The Bertz CT molecular complexity index is 618. The summed E-state index contributed by atoms with van der Waals surface area (Å²) in [6.45, 7) is 5.32. The van der Waals surface area contributed by atoms with E-state index in [1.54, 1.807) is 7.11 Å². The van der Waals surface area contributed by atoms with Crippen LogP contribution in [0.25, 0.3) is 0 Å². The van der Waals surface area contributed by atoms with E-state index in [2.05, 4.69) is 5.32 Å². The first kappa shape index (κ1) is 23.2. The fourth-order valence-electron chi connectivity index (χ4n) is 3.21. The number of carbonyl (C=O) groups excluding carboxylic acids is 2. The van der Waals surface area contributed by atoms with E-state index in [-0.39, 0.29) is 36.2 Å². The molecule has 0 aromatic heterocycles. The van der Waals surface area contributed by atoms with Gasteiger partial charge in [0.05, 0.1) is 19.6 Å². The van der Waals surface area contributed by atoms with Gasteiger partial charge in [0, 0.05) is 24.7 Å². The van der Waals surface area contributed by atoms with Crippen LogP contribution in [0.15, 0.2) is 24.3 Å². The number of rotatable bonds is 7. The van der Waals surface area contributed by atoms with Crippen LogP contribution in [-0.2, 0) is 16.0 Å². The first-order valence-corrected chi connectivity index (χ1v) is 9.41. The predicted molar refractivity (Wildman–Crippen MR) is 109 cm³/mol. The molecule has 2 unspecified atom stereocenters. The highest BCUT2D eigenvalue weighted by Crippen LogP contribution is 2.20. The number of nitrogens with two attached hydrogens (primary N) is 1. The Balaban J connectivity index is 0.00000364. The van der Waals surface area contributed by atoms with Gasteiger partial charge in [0.15, 0.2) is 0 Å². The second-order valence-corrected chi connectivity index (χ2v) is 7.06. The summed E-state index contributed by atoms with van der Waals surface area (Å²) in [5.41, 5.74) is 6.89. The second-order valence-electron chi connectivity index (χ2n) is 7.06. The van der Waals surface area contributed by atoms with Gasteiger partial charge in [-0.3, -0.25) is 9.59 Å². The lowest BCUT2D eigenvalue weighted by atomic mass is 9.98. The molecule has 152 valence electrons. The molecule has 0 spiro atoms. The largest absolute Gasteiger partial charge is 0.496 e. The zero-order chi connectivity index (χ0) is 19.1. The maximum absolute atomic E-state index is 12.6. The fourth-order valence-corrected chi connectivity index (χ4v) is 3.21. The van der Waals surface area contributed by atoms with Crippen molar-refractivity contribution in [3.05, 3.63) is 29.8 Å². The first-order chi connectivity index (χ1) is 12.5. The Hall–Kier alpha value is -1.79. The number of nitrogens with one attached hydrogen (secondary N) is 1. The van der Waals surface area contributed by atoms with Gasteiger partial charge in [-0.05, 0) is 24.8 Å². The molecule has 1 fully saturated rings. The number of methoxy groups -OCH3 is 1. The highest BCUT2D eigenvalue weighted by atomic mass is 35.5. The molecule has 2 rings (SSSR count). The van der Waals surface area contributed by atoms with Crippen molar-refractivity contribution in [1.29, 1.82) is 0 Å². The summed E-state index contributed by atoms with van der Waals surface area (Å²) in [5.74, 6) is 0.910. The average Bonchev–Trinajstić information content (AvgIpc) is 2.67. The quantitative estimate of drug-likeness (QED) is 0.738. The summed E-state index contributed by atoms with van der Waals surface area (Å²) in [7, 11) is 1.61. The van der Waals surface area contributed by atoms with Crippen molar-refractivity contribution in [1.82, 2.24) is 10.2 Å². The van der Waals surface area contributed by atoms with E-state index in [1.165, 1.54) is 0 Å². The molecule has 1 aromatic rings. The Morgan fingerprint density at radius 1 is 1.30 bits per heavy atom. The van der Waals surface area contributed by atoms with Gasteiger partial charge in [-0.25, -0.2) is 0 Å². The van der Waals surface area contributed by atoms with Crippen LogP contribution in [0.3, 0.4) is 0 Å². The topological polar surface area (TPSA) is 84.7 Å². The minimum absolute atomic E-state index is 0. The fraction of sp³-hybridized carbons (Fsp3) is 0.600. The smallest absolute Gasteiger partial charge is 0.237 e. The van der Waals surface area contributed by atoms with Crippen molar-refractivity contribution in [3.63, 3.8) is 0 Å². The minimum atomic E-state index is -0.467. The van der Waals surface area contributed by atoms with E-state index in [4.69, 9.17) is 10.5 Å². The summed E-state index contributed by atoms with van der Waals surface area (Å²) >= 11 is 0. The standard InChI is InChI=1S/C20H31N3O3.ClH/c1-4-14(2)19(21)20(25)22-16-9-11-23(12-10-16)18(24)13-15-7-5-6-8-17(15)26-3;/h5-8,14,16,19H,4,9-13,21H2,1-3H3,(H,22,25);1H. The Morgan fingerprint density at radius 2 is 1.93 bits per heavy atom. The van der Waals surface area contributed by atoms with Crippen LogP contribution in [0, 0.1) is 5.92 Å². The molecular weight excluding hydrogens is 366 g/mol. The maximum atomic E-state index is 12.6. The number of halogens is 1. The van der Waals surface area contributed by atoms with Gasteiger partial charge in [-0.1, -0.05) is 38.5 Å². The molecule has 7 heteroatoms. The van der Waals surface area contributed by atoms with Crippen LogP contribution in [0.4, 0.5) is 0 Å². The molecule has 0 saturated carbocycles. The third-order valence-corrected chi connectivity index (χ3v) is 5.29. The number of nitrogens with zero attached hydrogens (tertiary/aromatic N) is 1. The van der Waals surface area contributed by atoms with Gasteiger partial charge in [0.25, 0.3) is 0 Å². The molecule has 0 radical (unpaired) electrons. The molecule has 1 saturated heterocycles. The normalized spacial score (nSPS) is 16.8. The lowest BCUT2D eigenvalue weighted by molar-refractivity contribution is -0.131. The molecular formula is C20H32ClN3O3. The van der Waals surface area contributed by atoms with Gasteiger partial charge < -0.3 is 20.7 Å². The van der Waals surface area contributed by atoms with Gasteiger partial charge in [0.1, 0.15) is 5.75 Å². The summed E-state index contributed by atoms with van der Waals surface area (Å²) in [4.78, 5) is 26.6. The van der Waals surface area contributed by atoms with Crippen molar-refractivity contribution < 1.29 is 14.3 Å². The Morgan fingerprint density at radius 3 is 2.52 bits per heavy atom. The van der Waals surface area contributed by atoms with Crippen LogP contribution in [0.2, 0.25) is 0 Å². The zero-order valence-electron chi connectivity index (χ0n) is 16.4. The SMILES string of the molecule is CCC(C)C(N)C(=O)NC1CCN(C(=O)Cc2ccccc2OC)CC1.Cl. The Kier molecular flexibility index (Phi) is 9.60. The monoisotopic (exact) mass is 397 g/mol. The molecule has 1 heterocycles. The molecule has 1 aromatic carbocycles. The molecule has 0 aliphatic carbocycles. The number of carbonyl (C=O) groups is 2. The van der Waals surface area contributed by atoms with Gasteiger partial charge in [-0.15, -0.1) is 12.4 Å². The molecule has 2 atom stereocenters. The molecule has 3 N–H and O–H groups in total. The molecule has 1 aliphatic heterocycles. The highest BCUT2D eigenvalue weighted by Gasteiger charge is 2.27. The molecule has 6 nitrogen and oxygen atoms in total. The number of amides is 2. The second kappa shape index (κ2) is 11.1. The molecule has 1 aliphatic rings. The third-order valence-electron chi connectivity index (χ3n) is 5.29. The highest BCUT2D eigenvalue weighted by molar-refractivity contribution is 5.85. The number of piperidine rings is 1. The van der Waals surface area contributed by atoms with Crippen LogP contribution in [-0.4, -0.2) is 49.0 Å². The number of hydrogen-bond acceptors (Lipinski definition) is 4. The van der Waals surface area contributed by atoms with Crippen LogP contribution in [0.1, 0.15) is 38.7 Å². The maximum Gasteiger partial charge on any atom is 0.237 e. The van der Waals surface area contributed by atoms with Crippen molar-refractivity contribution in [2.24, 2.45) is 11.7 Å². The number of likely N-dealkylation sites (tertiary alicyclic amines) is 1. The van der Waals surface area contributed by atoms with Crippen molar-refractivity contribution in [2.75, 3.05) is 20.2 Å². The van der Waals surface area contributed by atoms with Gasteiger partial charge >= 0.3 is 0 Å². The lowest BCUT2D eigenvalue weighted by Crippen LogP contribution is -2.52. The van der Waals surface area contributed by atoms with Crippen molar-refractivity contribution >= 4 is 24.2 Å². The summed E-state index contributed by atoms with van der Waals surface area (Å²) in [6, 6.07) is 7.21. The molecule has 2 amide bonds. The zero-order valence-corrected chi connectivity index (χ0v) is 17.3.